The van der Waals surface area contributed by atoms with Gasteiger partial charge in [0.05, 0.1) is 11.4 Å². The molecular weight excluding hydrogens is 360 g/mol. The number of sulfonamides is 1. The maximum atomic E-state index is 12.8. The summed E-state index contributed by atoms with van der Waals surface area (Å²) >= 11 is 0. The fourth-order valence-electron chi connectivity index (χ4n) is 3.08. The van der Waals surface area contributed by atoms with Gasteiger partial charge in [-0.1, -0.05) is 0 Å². The Morgan fingerprint density at radius 2 is 1.65 bits per heavy atom. The molecule has 2 heterocycles. The van der Waals surface area contributed by atoms with E-state index in [0.717, 1.165) is 6.07 Å². The SMILES string of the molecule is Cc1n[nH]c(C)c1S(=O)(=O)N1CCN(C(=O)c2cc(O)cc(O)c2)CC1. The summed E-state index contributed by atoms with van der Waals surface area (Å²) in [5.41, 5.74) is 1.05. The number of aromatic hydroxyl groups is 2. The number of benzene rings is 1. The van der Waals surface area contributed by atoms with E-state index in [1.54, 1.807) is 13.8 Å². The van der Waals surface area contributed by atoms with E-state index in [1.807, 2.05) is 0 Å². The first kappa shape index (κ1) is 18.2. The molecule has 0 radical (unpaired) electrons. The van der Waals surface area contributed by atoms with Gasteiger partial charge in [-0.05, 0) is 26.0 Å². The van der Waals surface area contributed by atoms with Crippen molar-refractivity contribution >= 4 is 15.9 Å². The number of phenols is 2. The summed E-state index contributed by atoms with van der Waals surface area (Å²) in [6.07, 6.45) is 0. The van der Waals surface area contributed by atoms with Crippen LogP contribution in [0.5, 0.6) is 11.5 Å². The van der Waals surface area contributed by atoms with Crippen LogP contribution in [0.2, 0.25) is 0 Å². The summed E-state index contributed by atoms with van der Waals surface area (Å²) in [6.45, 7) is 4.02. The number of nitrogens with one attached hydrogen (secondary N) is 1. The molecule has 1 aliphatic heterocycles. The monoisotopic (exact) mass is 380 g/mol. The molecule has 0 saturated carbocycles. The summed E-state index contributed by atoms with van der Waals surface area (Å²) in [6, 6.07) is 3.67. The number of aromatic nitrogens is 2. The zero-order valence-electron chi connectivity index (χ0n) is 14.4. The molecule has 1 aromatic carbocycles. The predicted octanol–water partition coefficient (Wildman–Crippen LogP) is 0.584. The molecule has 0 bridgehead atoms. The van der Waals surface area contributed by atoms with Gasteiger partial charge in [-0.15, -0.1) is 0 Å². The number of carbonyl (C=O) groups is 1. The van der Waals surface area contributed by atoms with Crippen LogP contribution in [-0.4, -0.2) is 70.1 Å². The predicted molar refractivity (Wildman–Crippen MR) is 92.5 cm³/mol. The summed E-state index contributed by atoms with van der Waals surface area (Å²) in [5, 5.41) is 25.6. The number of hydrogen-bond donors (Lipinski definition) is 3. The number of H-pyrrole nitrogens is 1. The van der Waals surface area contributed by atoms with Gasteiger partial charge in [0.25, 0.3) is 5.91 Å². The smallest absolute Gasteiger partial charge is 0.254 e. The summed E-state index contributed by atoms with van der Waals surface area (Å²) < 4.78 is 27.0. The minimum absolute atomic E-state index is 0.153. The zero-order chi connectivity index (χ0) is 19.1. The highest BCUT2D eigenvalue weighted by atomic mass is 32.2. The molecule has 0 atom stereocenters. The van der Waals surface area contributed by atoms with Crippen LogP contribution in [-0.2, 0) is 10.0 Å². The molecule has 140 valence electrons. The summed E-state index contributed by atoms with van der Waals surface area (Å²) in [7, 11) is -3.69. The molecule has 3 rings (SSSR count). The maximum Gasteiger partial charge on any atom is 0.254 e. The lowest BCUT2D eigenvalue weighted by Crippen LogP contribution is -2.50. The van der Waals surface area contributed by atoms with Crippen LogP contribution in [0.15, 0.2) is 23.1 Å². The largest absolute Gasteiger partial charge is 0.508 e. The number of aryl methyl sites for hydroxylation is 2. The fourth-order valence-corrected chi connectivity index (χ4v) is 4.84. The normalized spacial score (nSPS) is 16.0. The first-order chi connectivity index (χ1) is 12.2. The van der Waals surface area contributed by atoms with Gasteiger partial charge in [0.15, 0.2) is 0 Å². The van der Waals surface area contributed by atoms with Gasteiger partial charge >= 0.3 is 0 Å². The Kier molecular flexibility index (Phi) is 4.63. The first-order valence-corrected chi connectivity index (χ1v) is 9.48. The molecule has 0 spiro atoms. The number of carbonyl (C=O) groups excluding carboxylic acids is 1. The van der Waals surface area contributed by atoms with E-state index in [9.17, 15) is 23.4 Å². The molecule has 1 aromatic heterocycles. The number of aromatic amines is 1. The van der Waals surface area contributed by atoms with Crippen molar-refractivity contribution in [1.29, 1.82) is 0 Å². The van der Waals surface area contributed by atoms with Gasteiger partial charge in [-0.25, -0.2) is 8.42 Å². The number of rotatable bonds is 3. The Hall–Kier alpha value is -2.59. The van der Waals surface area contributed by atoms with Gasteiger partial charge in [0.1, 0.15) is 16.4 Å². The minimum atomic E-state index is -3.69. The molecule has 1 amide bonds. The lowest BCUT2D eigenvalue weighted by molar-refractivity contribution is 0.0697. The zero-order valence-corrected chi connectivity index (χ0v) is 15.2. The first-order valence-electron chi connectivity index (χ1n) is 8.04. The van der Waals surface area contributed by atoms with E-state index in [1.165, 1.54) is 21.3 Å². The quantitative estimate of drug-likeness (QED) is 0.715. The Morgan fingerprint density at radius 1 is 1.08 bits per heavy atom. The van der Waals surface area contributed by atoms with Crippen molar-refractivity contribution in [2.45, 2.75) is 18.7 Å². The van der Waals surface area contributed by atoms with Crippen molar-refractivity contribution in [1.82, 2.24) is 19.4 Å². The Labute approximate surface area is 150 Å². The second kappa shape index (κ2) is 6.61. The highest BCUT2D eigenvalue weighted by Crippen LogP contribution is 2.24. The molecule has 2 aromatic rings. The third-order valence-electron chi connectivity index (χ3n) is 4.33. The number of piperazine rings is 1. The summed E-state index contributed by atoms with van der Waals surface area (Å²) in [4.78, 5) is 14.2. The van der Waals surface area contributed by atoms with Crippen LogP contribution in [0.3, 0.4) is 0 Å². The van der Waals surface area contributed by atoms with Crippen molar-refractivity contribution in [3.63, 3.8) is 0 Å². The number of nitrogens with zero attached hydrogens (tertiary/aromatic N) is 3. The van der Waals surface area contributed by atoms with Crippen LogP contribution >= 0.6 is 0 Å². The molecular formula is C16H20N4O5S. The highest BCUT2D eigenvalue weighted by molar-refractivity contribution is 7.89. The lowest BCUT2D eigenvalue weighted by atomic mass is 10.1. The number of amides is 1. The van der Waals surface area contributed by atoms with Gasteiger partial charge in [-0.2, -0.15) is 9.40 Å². The molecule has 1 fully saturated rings. The van der Waals surface area contributed by atoms with Crippen LogP contribution in [0.4, 0.5) is 0 Å². The molecule has 1 saturated heterocycles. The van der Waals surface area contributed by atoms with E-state index >= 15 is 0 Å². The lowest BCUT2D eigenvalue weighted by Gasteiger charge is -2.34. The molecule has 10 heteroatoms. The van der Waals surface area contributed by atoms with Crippen molar-refractivity contribution < 1.29 is 23.4 Å². The molecule has 0 unspecified atom stereocenters. The topological polar surface area (TPSA) is 127 Å². The Balaban J connectivity index is 1.74. The maximum absolute atomic E-state index is 12.8. The average molecular weight is 380 g/mol. The number of hydrogen-bond acceptors (Lipinski definition) is 6. The van der Waals surface area contributed by atoms with Gasteiger partial charge in [0.2, 0.25) is 10.0 Å². The van der Waals surface area contributed by atoms with Crippen molar-refractivity contribution in [2.24, 2.45) is 0 Å². The van der Waals surface area contributed by atoms with Gasteiger partial charge in [-0.3, -0.25) is 9.89 Å². The van der Waals surface area contributed by atoms with E-state index in [0.29, 0.717) is 11.4 Å². The molecule has 9 nitrogen and oxygen atoms in total. The van der Waals surface area contributed by atoms with E-state index in [-0.39, 0.29) is 54.0 Å². The second-order valence-corrected chi connectivity index (χ2v) is 8.07. The van der Waals surface area contributed by atoms with Crippen molar-refractivity contribution in [2.75, 3.05) is 26.2 Å². The average Bonchev–Trinajstić information content (AvgIpc) is 2.92. The number of phenolic OH excluding ortho intramolecular Hbond substituents is 2. The van der Waals surface area contributed by atoms with E-state index in [4.69, 9.17) is 0 Å². The molecule has 0 aliphatic carbocycles. The standard InChI is InChI=1S/C16H20N4O5S/c1-10-15(11(2)18-17-10)26(24,25)20-5-3-19(4-6-20)16(23)12-7-13(21)9-14(22)8-12/h7-9,21-22H,3-6H2,1-2H3,(H,17,18). The van der Waals surface area contributed by atoms with Crippen LogP contribution in [0, 0.1) is 13.8 Å². The van der Waals surface area contributed by atoms with E-state index in [2.05, 4.69) is 10.2 Å². The van der Waals surface area contributed by atoms with Crippen LogP contribution < -0.4 is 0 Å². The molecule has 3 N–H and O–H groups in total. The minimum Gasteiger partial charge on any atom is -0.508 e. The second-order valence-electron chi connectivity index (χ2n) is 6.20. The third-order valence-corrected chi connectivity index (χ3v) is 6.50. The van der Waals surface area contributed by atoms with Crippen molar-refractivity contribution in [3.8, 4) is 11.5 Å². The Bertz CT molecular complexity index is 906. The Morgan fingerprint density at radius 3 is 2.15 bits per heavy atom. The molecule has 26 heavy (non-hydrogen) atoms. The van der Waals surface area contributed by atoms with Gasteiger partial charge < -0.3 is 15.1 Å². The summed E-state index contributed by atoms with van der Waals surface area (Å²) in [5.74, 6) is -0.787. The van der Waals surface area contributed by atoms with Gasteiger partial charge in [0, 0.05) is 37.8 Å². The van der Waals surface area contributed by atoms with Crippen LogP contribution in [0.25, 0.3) is 0 Å². The van der Waals surface area contributed by atoms with Crippen LogP contribution in [0.1, 0.15) is 21.7 Å². The highest BCUT2D eigenvalue weighted by Gasteiger charge is 2.33. The van der Waals surface area contributed by atoms with E-state index < -0.39 is 10.0 Å². The third kappa shape index (κ3) is 3.25. The van der Waals surface area contributed by atoms with Crippen molar-refractivity contribution in [3.05, 3.63) is 35.2 Å². The molecule has 1 aliphatic rings. The fraction of sp³-hybridized carbons (Fsp3) is 0.375.